The van der Waals surface area contributed by atoms with Crippen molar-refractivity contribution in [3.05, 3.63) is 40.3 Å². The molecule has 0 saturated carbocycles. The summed E-state index contributed by atoms with van der Waals surface area (Å²) in [6.45, 7) is -0.0119. The van der Waals surface area contributed by atoms with Crippen molar-refractivity contribution in [3.63, 3.8) is 0 Å². The molecule has 0 fully saturated rings. The van der Waals surface area contributed by atoms with Gasteiger partial charge in [-0.1, -0.05) is 0 Å². The van der Waals surface area contributed by atoms with Crippen LogP contribution in [-0.4, -0.2) is 32.2 Å². The minimum Gasteiger partial charge on any atom is -0.496 e. The summed E-state index contributed by atoms with van der Waals surface area (Å²) in [6.07, 6.45) is 2.23. The molecule has 0 unspecified atom stereocenters. The number of nitrogens with one attached hydrogen (secondary N) is 1. The first-order valence-electron chi connectivity index (χ1n) is 6.22. The van der Waals surface area contributed by atoms with E-state index in [4.69, 9.17) is 4.74 Å². The molecule has 2 aromatic rings. The van der Waals surface area contributed by atoms with Gasteiger partial charge in [-0.3, -0.25) is 0 Å². The van der Waals surface area contributed by atoms with E-state index in [1.165, 1.54) is 36.6 Å². The smallest absolute Gasteiger partial charge is 0.240 e. The summed E-state index contributed by atoms with van der Waals surface area (Å²) >= 11 is 1.48. The Hall–Kier alpha value is -1.48. The molecule has 0 aliphatic carbocycles. The van der Waals surface area contributed by atoms with Crippen LogP contribution in [0.2, 0.25) is 0 Å². The van der Waals surface area contributed by atoms with E-state index < -0.39 is 10.0 Å². The summed E-state index contributed by atoms with van der Waals surface area (Å²) in [7, 11) is -2.14. The molecule has 1 aromatic heterocycles. The van der Waals surface area contributed by atoms with E-state index in [2.05, 4.69) is 9.71 Å². The lowest BCUT2D eigenvalue weighted by atomic mass is 10.2. The van der Waals surface area contributed by atoms with Gasteiger partial charge in [-0.15, -0.1) is 11.3 Å². The number of thiazole rings is 1. The SMILES string of the molecule is COc1ccc(S(=O)(=O)NCCc2nccs2)cc1CO. The topological polar surface area (TPSA) is 88.5 Å². The Morgan fingerprint density at radius 3 is 2.86 bits per heavy atom. The number of rotatable bonds is 7. The Labute approximate surface area is 127 Å². The van der Waals surface area contributed by atoms with E-state index in [0.29, 0.717) is 17.7 Å². The molecule has 1 heterocycles. The van der Waals surface area contributed by atoms with Crippen LogP contribution in [0.15, 0.2) is 34.7 Å². The molecule has 0 saturated heterocycles. The third-order valence-corrected chi connectivity index (χ3v) is 5.15. The standard InChI is InChI=1S/C13H16N2O4S2/c1-19-12-3-2-11(8-10(12)9-16)21(17,18)15-5-4-13-14-6-7-20-13/h2-3,6-8,15-16H,4-5,9H2,1H3. The van der Waals surface area contributed by atoms with Gasteiger partial charge in [0.05, 0.1) is 23.6 Å². The largest absolute Gasteiger partial charge is 0.496 e. The molecular weight excluding hydrogens is 312 g/mol. The second kappa shape index (κ2) is 6.99. The first-order chi connectivity index (χ1) is 10.1. The number of benzene rings is 1. The monoisotopic (exact) mass is 328 g/mol. The van der Waals surface area contributed by atoms with E-state index in [0.717, 1.165) is 5.01 Å². The third-order valence-electron chi connectivity index (χ3n) is 2.85. The normalized spacial score (nSPS) is 11.5. The minimum atomic E-state index is -3.61. The first-order valence-corrected chi connectivity index (χ1v) is 8.59. The van der Waals surface area contributed by atoms with Gasteiger partial charge in [-0.05, 0) is 18.2 Å². The number of nitrogens with zero attached hydrogens (tertiary/aromatic N) is 1. The molecule has 0 atom stereocenters. The summed E-state index contributed by atoms with van der Waals surface area (Å²) in [5.41, 5.74) is 0.431. The van der Waals surface area contributed by atoms with Gasteiger partial charge < -0.3 is 9.84 Å². The zero-order chi connectivity index (χ0) is 15.3. The maximum atomic E-state index is 12.2. The lowest BCUT2D eigenvalue weighted by molar-refractivity contribution is 0.273. The highest BCUT2D eigenvalue weighted by atomic mass is 32.2. The molecule has 0 radical (unpaired) electrons. The quantitative estimate of drug-likeness (QED) is 0.796. The minimum absolute atomic E-state index is 0.103. The second-order valence-electron chi connectivity index (χ2n) is 4.21. The highest BCUT2D eigenvalue weighted by molar-refractivity contribution is 7.89. The number of aliphatic hydroxyl groups is 1. The lowest BCUT2D eigenvalue weighted by Crippen LogP contribution is -2.26. The number of hydrogen-bond acceptors (Lipinski definition) is 6. The van der Waals surface area contributed by atoms with Crippen molar-refractivity contribution in [1.29, 1.82) is 0 Å². The van der Waals surface area contributed by atoms with Crippen molar-refractivity contribution >= 4 is 21.4 Å². The number of aromatic nitrogens is 1. The Bertz CT molecular complexity index is 684. The lowest BCUT2D eigenvalue weighted by Gasteiger charge is -2.10. The Morgan fingerprint density at radius 2 is 2.24 bits per heavy atom. The van der Waals surface area contributed by atoms with Gasteiger partial charge in [0.1, 0.15) is 5.75 Å². The van der Waals surface area contributed by atoms with Gasteiger partial charge in [-0.25, -0.2) is 18.1 Å². The van der Waals surface area contributed by atoms with Gasteiger partial charge in [0, 0.05) is 30.1 Å². The van der Waals surface area contributed by atoms with Crippen molar-refractivity contribution in [1.82, 2.24) is 9.71 Å². The van der Waals surface area contributed by atoms with Gasteiger partial charge >= 0.3 is 0 Å². The van der Waals surface area contributed by atoms with Crippen LogP contribution in [0.1, 0.15) is 10.6 Å². The first kappa shape index (κ1) is 15.9. The summed E-state index contributed by atoms with van der Waals surface area (Å²) in [4.78, 5) is 4.20. The Morgan fingerprint density at radius 1 is 1.43 bits per heavy atom. The predicted octanol–water partition coefficient (Wildman–Crippen LogP) is 1.16. The van der Waals surface area contributed by atoms with Crippen LogP contribution in [0.25, 0.3) is 0 Å². The number of aliphatic hydroxyl groups excluding tert-OH is 1. The van der Waals surface area contributed by atoms with Crippen molar-refractivity contribution in [3.8, 4) is 5.75 Å². The fourth-order valence-corrected chi connectivity index (χ4v) is 3.50. The molecule has 2 rings (SSSR count). The molecule has 0 bridgehead atoms. The van der Waals surface area contributed by atoms with Crippen LogP contribution in [0.4, 0.5) is 0 Å². The van der Waals surface area contributed by atoms with Gasteiger partial charge in [0.25, 0.3) is 0 Å². The highest BCUT2D eigenvalue weighted by Crippen LogP contribution is 2.22. The Balaban J connectivity index is 2.08. The molecule has 2 N–H and O–H groups in total. The van der Waals surface area contributed by atoms with Crippen LogP contribution in [0.5, 0.6) is 5.75 Å². The summed E-state index contributed by atoms with van der Waals surface area (Å²) < 4.78 is 31.9. The van der Waals surface area contributed by atoms with Crippen LogP contribution in [0.3, 0.4) is 0 Å². The molecule has 0 spiro atoms. The average molecular weight is 328 g/mol. The Kier molecular flexibility index (Phi) is 5.29. The maximum absolute atomic E-state index is 12.2. The molecule has 21 heavy (non-hydrogen) atoms. The summed E-state index contributed by atoms with van der Waals surface area (Å²) in [5, 5.41) is 12.0. The van der Waals surface area contributed by atoms with Crippen molar-refractivity contribution in [2.24, 2.45) is 0 Å². The summed E-state index contributed by atoms with van der Waals surface area (Å²) in [5.74, 6) is 0.458. The molecule has 6 nitrogen and oxygen atoms in total. The van der Waals surface area contributed by atoms with Gasteiger partial charge in [0.2, 0.25) is 10.0 Å². The number of sulfonamides is 1. The third kappa shape index (κ3) is 4.01. The van der Waals surface area contributed by atoms with Crippen molar-refractivity contribution in [2.75, 3.05) is 13.7 Å². The second-order valence-corrected chi connectivity index (χ2v) is 6.95. The van der Waals surface area contributed by atoms with Gasteiger partial charge in [-0.2, -0.15) is 0 Å². The molecular formula is C13H16N2O4S2. The number of ether oxygens (including phenoxy) is 1. The van der Waals surface area contributed by atoms with E-state index >= 15 is 0 Å². The van der Waals surface area contributed by atoms with Crippen molar-refractivity contribution < 1.29 is 18.3 Å². The molecule has 0 aliphatic rings. The van der Waals surface area contributed by atoms with E-state index in [9.17, 15) is 13.5 Å². The van der Waals surface area contributed by atoms with E-state index in [1.807, 2.05) is 5.38 Å². The van der Waals surface area contributed by atoms with Crippen LogP contribution in [0, 0.1) is 0 Å². The molecule has 0 amide bonds. The van der Waals surface area contributed by atoms with E-state index in [-0.39, 0.29) is 18.0 Å². The van der Waals surface area contributed by atoms with E-state index in [1.54, 1.807) is 6.20 Å². The maximum Gasteiger partial charge on any atom is 0.240 e. The molecule has 0 aliphatic heterocycles. The average Bonchev–Trinajstić information content (AvgIpc) is 2.99. The number of methoxy groups -OCH3 is 1. The predicted molar refractivity (Wildman–Crippen MR) is 79.9 cm³/mol. The fraction of sp³-hybridized carbons (Fsp3) is 0.308. The van der Waals surface area contributed by atoms with Gasteiger partial charge in [0.15, 0.2) is 0 Å². The zero-order valence-corrected chi connectivity index (χ0v) is 13.1. The number of hydrogen-bond donors (Lipinski definition) is 2. The molecule has 114 valence electrons. The van der Waals surface area contributed by atoms with Crippen molar-refractivity contribution in [2.45, 2.75) is 17.9 Å². The fourth-order valence-electron chi connectivity index (χ4n) is 1.80. The highest BCUT2D eigenvalue weighted by Gasteiger charge is 2.16. The van der Waals surface area contributed by atoms with Crippen LogP contribution >= 0.6 is 11.3 Å². The molecule has 1 aromatic carbocycles. The zero-order valence-electron chi connectivity index (χ0n) is 11.4. The van der Waals surface area contributed by atoms with Crippen LogP contribution < -0.4 is 9.46 Å². The van der Waals surface area contributed by atoms with Crippen LogP contribution in [-0.2, 0) is 23.1 Å². The summed E-state index contributed by atoms with van der Waals surface area (Å²) in [6, 6.07) is 4.38. The molecule has 8 heteroatoms.